The van der Waals surface area contributed by atoms with Gasteiger partial charge in [0.05, 0.1) is 17.5 Å². The van der Waals surface area contributed by atoms with E-state index in [1.807, 2.05) is 44.2 Å². The van der Waals surface area contributed by atoms with Crippen LogP contribution in [0.2, 0.25) is 0 Å². The second-order valence-electron chi connectivity index (χ2n) is 6.32. The van der Waals surface area contributed by atoms with E-state index >= 15 is 0 Å². The zero-order valence-corrected chi connectivity index (χ0v) is 16.3. The molecule has 1 heterocycles. The number of benzene rings is 2. The van der Waals surface area contributed by atoms with Crippen LogP contribution < -0.4 is 16.1 Å². The van der Waals surface area contributed by atoms with Crippen molar-refractivity contribution < 1.29 is 9.15 Å². The third-order valence-electron chi connectivity index (χ3n) is 4.16. The number of ether oxygens (including phenoxy) is 1. The lowest BCUT2D eigenvalue weighted by molar-refractivity contribution is 0.301. The Morgan fingerprint density at radius 2 is 1.77 bits per heavy atom. The maximum atomic E-state index is 12.2. The average molecular weight is 418 g/mol. The molecule has 1 aromatic heterocycles. The van der Waals surface area contributed by atoms with Crippen LogP contribution >= 0.6 is 15.9 Å². The fourth-order valence-electron chi connectivity index (χ4n) is 2.84. The molecule has 0 fully saturated rings. The van der Waals surface area contributed by atoms with Crippen LogP contribution in [0.4, 0.5) is 0 Å². The van der Waals surface area contributed by atoms with Crippen LogP contribution in [0.3, 0.4) is 0 Å². The zero-order valence-electron chi connectivity index (χ0n) is 14.8. The standard InChI is InChI=1S/C20H20BrNO4/c1-13-5-7-15(8-6-13)25-10-4-3-9-22-18-16(19(23)26-20(22)24)11-14(2)12-17(18)21/h5-8,11-12H,3-4,9-10H2,1-2H3. The minimum atomic E-state index is -0.633. The van der Waals surface area contributed by atoms with Gasteiger partial charge in [0.25, 0.3) is 0 Å². The number of nitrogens with zero attached hydrogens (tertiary/aromatic N) is 1. The summed E-state index contributed by atoms with van der Waals surface area (Å²) in [6.45, 7) is 4.94. The van der Waals surface area contributed by atoms with Crippen LogP contribution in [0.25, 0.3) is 10.9 Å². The van der Waals surface area contributed by atoms with E-state index in [4.69, 9.17) is 9.15 Å². The molecule has 0 bridgehead atoms. The molecule has 0 atom stereocenters. The molecule has 3 rings (SSSR count). The SMILES string of the molecule is Cc1ccc(OCCCCn2c(=O)oc(=O)c3cc(C)cc(Br)c32)cc1. The Kier molecular flexibility index (Phi) is 5.61. The summed E-state index contributed by atoms with van der Waals surface area (Å²) in [5.74, 6) is 0.202. The Labute approximate surface area is 159 Å². The molecule has 5 nitrogen and oxygen atoms in total. The van der Waals surface area contributed by atoms with Crippen molar-refractivity contribution in [3.63, 3.8) is 0 Å². The van der Waals surface area contributed by atoms with E-state index in [1.165, 1.54) is 10.1 Å². The summed E-state index contributed by atoms with van der Waals surface area (Å²) >= 11 is 3.46. The van der Waals surface area contributed by atoms with Crippen LogP contribution in [0.1, 0.15) is 24.0 Å². The molecule has 0 spiro atoms. The predicted molar refractivity (Wildman–Crippen MR) is 105 cm³/mol. The highest BCUT2D eigenvalue weighted by molar-refractivity contribution is 9.10. The number of aryl methyl sites for hydroxylation is 3. The van der Waals surface area contributed by atoms with Gasteiger partial charge < -0.3 is 9.15 Å². The number of fused-ring (bicyclic) bond motifs is 1. The van der Waals surface area contributed by atoms with Crippen molar-refractivity contribution in [2.75, 3.05) is 6.61 Å². The van der Waals surface area contributed by atoms with Crippen LogP contribution in [0.5, 0.6) is 5.75 Å². The predicted octanol–water partition coefficient (Wildman–Crippen LogP) is 4.19. The zero-order chi connectivity index (χ0) is 18.7. The summed E-state index contributed by atoms with van der Waals surface area (Å²) in [4.78, 5) is 24.1. The normalized spacial score (nSPS) is 11.0. The van der Waals surface area contributed by atoms with Gasteiger partial charge in [-0.2, -0.15) is 0 Å². The van der Waals surface area contributed by atoms with Gasteiger partial charge in [-0.05, 0) is 72.4 Å². The minimum Gasteiger partial charge on any atom is -0.494 e. The van der Waals surface area contributed by atoms with Crippen LogP contribution in [-0.2, 0) is 6.54 Å². The van der Waals surface area contributed by atoms with Gasteiger partial charge in [-0.25, -0.2) is 9.59 Å². The Morgan fingerprint density at radius 3 is 2.50 bits per heavy atom. The van der Waals surface area contributed by atoms with E-state index in [0.29, 0.717) is 28.5 Å². The highest BCUT2D eigenvalue weighted by atomic mass is 79.9. The topological polar surface area (TPSA) is 61.4 Å². The summed E-state index contributed by atoms with van der Waals surface area (Å²) in [5.41, 5.74) is 2.09. The van der Waals surface area contributed by atoms with Crippen molar-refractivity contribution in [2.45, 2.75) is 33.2 Å². The first-order valence-corrected chi connectivity index (χ1v) is 9.28. The van der Waals surface area contributed by atoms with E-state index < -0.39 is 11.4 Å². The molecule has 3 aromatic rings. The number of aromatic nitrogens is 1. The number of unbranched alkanes of at least 4 members (excludes halogenated alkanes) is 1. The number of rotatable bonds is 6. The van der Waals surface area contributed by atoms with Gasteiger partial charge in [0.15, 0.2) is 0 Å². The lowest BCUT2D eigenvalue weighted by Crippen LogP contribution is -2.25. The molecule has 0 saturated carbocycles. The van der Waals surface area contributed by atoms with Gasteiger partial charge in [-0.15, -0.1) is 0 Å². The second kappa shape index (κ2) is 7.91. The molecular formula is C20H20BrNO4. The first-order chi connectivity index (χ1) is 12.5. The summed E-state index contributed by atoms with van der Waals surface area (Å²) in [6.07, 6.45) is 1.51. The second-order valence-corrected chi connectivity index (χ2v) is 7.17. The van der Waals surface area contributed by atoms with Crippen molar-refractivity contribution in [2.24, 2.45) is 0 Å². The van der Waals surface area contributed by atoms with Crippen molar-refractivity contribution >= 4 is 26.8 Å². The Morgan fingerprint density at radius 1 is 1.04 bits per heavy atom. The van der Waals surface area contributed by atoms with E-state index in [2.05, 4.69) is 15.9 Å². The van der Waals surface area contributed by atoms with Gasteiger partial charge in [-0.3, -0.25) is 4.57 Å². The van der Waals surface area contributed by atoms with Crippen molar-refractivity contribution in [1.82, 2.24) is 4.57 Å². The molecule has 0 aliphatic carbocycles. The summed E-state index contributed by atoms with van der Waals surface area (Å²) in [5, 5.41) is 0.410. The third-order valence-corrected chi connectivity index (χ3v) is 4.77. The first kappa shape index (κ1) is 18.5. The molecule has 0 aliphatic heterocycles. The van der Waals surface area contributed by atoms with Gasteiger partial charge in [0.2, 0.25) is 0 Å². The van der Waals surface area contributed by atoms with Gasteiger partial charge in [-0.1, -0.05) is 17.7 Å². The highest BCUT2D eigenvalue weighted by Gasteiger charge is 2.13. The molecule has 0 saturated heterocycles. The molecule has 136 valence electrons. The Balaban J connectivity index is 1.70. The van der Waals surface area contributed by atoms with E-state index in [9.17, 15) is 9.59 Å². The quantitative estimate of drug-likeness (QED) is 0.564. The fraction of sp³-hybridized carbons (Fsp3) is 0.300. The fourth-order valence-corrected chi connectivity index (χ4v) is 3.63. The smallest absolute Gasteiger partial charge is 0.422 e. The van der Waals surface area contributed by atoms with E-state index in [1.54, 1.807) is 6.07 Å². The van der Waals surface area contributed by atoms with E-state index in [-0.39, 0.29) is 0 Å². The van der Waals surface area contributed by atoms with E-state index in [0.717, 1.165) is 24.2 Å². The van der Waals surface area contributed by atoms with Crippen molar-refractivity contribution in [3.05, 3.63) is 73.0 Å². The monoisotopic (exact) mass is 417 g/mol. The van der Waals surface area contributed by atoms with Crippen LogP contribution in [0, 0.1) is 13.8 Å². The Bertz CT molecular complexity index is 1030. The lowest BCUT2D eigenvalue weighted by Gasteiger charge is -2.11. The molecular weight excluding hydrogens is 398 g/mol. The summed E-state index contributed by atoms with van der Waals surface area (Å²) in [6, 6.07) is 11.5. The number of hydrogen-bond donors (Lipinski definition) is 0. The molecule has 2 aromatic carbocycles. The number of halogens is 1. The molecule has 0 N–H and O–H groups in total. The van der Waals surface area contributed by atoms with Crippen LogP contribution in [-0.4, -0.2) is 11.2 Å². The van der Waals surface area contributed by atoms with Crippen LogP contribution in [0.15, 0.2) is 54.9 Å². The maximum absolute atomic E-state index is 12.2. The van der Waals surface area contributed by atoms with Gasteiger partial charge in [0.1, 0.15) is 5.75 Å². The Hall–Kier alpha value is -2.34. The molecule has 0 radical (unpaired) electrons. The van der Waals surface area contributed by atoms with Gasteiger partial charge >= 0.3 is 11.4 Å². The molecule has 6 heteroatoms. The first-order valence-electron chi connectivity index (χ1n) is 8.49. The largest absolute Gasteiger partial charge is 0.494 e. The minimum absolute atomic E-state index is 0.410. The molecule has 0 aliphatic rings. The molecule has 0 unspecified atom stereocenters. The van der Waals surface area contributed by atoms with Crippen molar-refractivity contribution in [1.29, 1.82) is 0 Å². The van der Waals surface area contributed by atoms with Gasteiger partial charge in [0, 0.05) is 11.0 Å². The number of hydrogen-bond acceptors (Lipinski definition) is 4. The lowest BCUT2D eigenvalue weighted by atomic mass is 10.1. The molecule has 0 amide bonds. The summed E-state index contributed by atoms with van der Waals surface area (Å²) in [7, 11) is 0. The highest BCUT2D eigenvalue weighted by Crippen LogP contribution is 2.23. The summed E-state index contributed by atoms with van der Waals surface area (Å²) < 4.78 is 12.8. The third kappa shape index (κ3) is 4.07. The molecule has 26 heavy (non-hydrogen) atoms. The average Bonchev–Trinajstić information content (AvgIpc) is 2.59. The maximum Gasteiger partial charge on any atom is 0.422 e. The van der Waals surface area contributed by atoms with Crippen molar-refractivity contribution in [3.8, 4) is 5.75 Å².